The van der Waals surface area contributed by atoms with Crippen LogP contribution >= 0.6 is 15.9 Å². The second-order valence-electron chi connectivity index (χ2n) is 1.57. The first-order chi connectivity index (χ1) is 4.43. The van der Waals surface area contributed by atoms with Crippen molar-refractivity contribution in [3.8, 4) is 0 Å². The molecule has 0 spiro atoms. The minimum absolute atomic E-state index is 1.15. The molecule has 1 rings (SSSR count). The normalized spacial score (nSPS) is 10.3. The quantitative estimate of drug-likeness (QED) is 0.653. The number of pyridine rings is 1. The summed E-state index contributed by atoms with van der Waals surface area (Å²) in [5.41, 5.74) is 1.15. The van der Waals surface area contributed by atoms with Gasteiger partial charge in [-0.1, -0.05) is 15.9 Å². The van der Waals surface area contributed by atoms with E-state index in [-0.39, 0.29) is 0 Å². The largest absolute Gasteiger partial charge is 0.265 e. The lowest BCUT2D eigenvalue weighted by Gasteiger charge is -1.85. The van der Waals surface area contributed by atoms with Gasteiger partial charge in [-0.05, 0) is 28.8 Å². The van der Waals surface area contributed by atoms with Gasteiger partial charge in [0.05, 0.1) is 0 Å². The molecular weight excluding hydrogens is 178 g/mol. The minimum Gasteiger partial charge on any atom is -0.265 e. The summed E-state index contributed by atoms with van der Waals surface area (Å²) in [5.74, 6) is 0. The lowest BCUT2D eigenvalue weighted by atomic mass is 10.3. The lowest BCUT2D eigenvalue weighted by molar-refractivity contribution is 1.32. The molecule has 0 fully saturated rings. The van der Waals surface area contributed by atoms with E-state index in [4.69, 9.17) is 0 Å². The fourth-order valence-electron chi connectivity index (χ4n) is 0.547. The van der Waals surface area contributed by atoms with E-state index in [9.17, 15) is 0 Å². The maximum atomic E-state index is 3.88. The molecule has 0 radical (unpaired) electrons. The molecule has 1 nitrogen and oxygen atoms in total. The number of halogens is 1. The first-order valence-corrected chi connectivity index (χ1v) is 3.52. The Balaban J connectivity index is 2.85. The van der Waals surface area contributed by atoms with Crippen molar-refractivity contribution in [1.29, 1.82) is 0 Å². The molecule has 1 aromatic rings. The maximum Gasteiger partial charge on any atom is 0.0273 e. The van der Waals surface area contributed by atoms with Gasteiger partial charge in [-0.3, -0.25) is 4.98 Å². The van der Waals surface area contributed by atoms with Crippen molar-refractivity contribution >= 4 is 22.0 Å². The Morgan fingerprint density at radius 3 is 2.56 bits per heavy atom. The SMILES string of the molecule is BrC=Cc1ccncc1. The Hall–Kier alpha value is -0.630. The van der Waals surface area contributed by atoms with Gasteiger partial charge >= 0.3 is 0 Å². The van der Waals surface area contributed by atoms with Crippen molar-refractivity contribution in [2.24, 2.45) is 0 Å². The Labute approximate surface area is 62.6 Å². The van der Waals surface area contributed by atoms with Crippen LogP contribution in [0.2, 0.25) is 0 Å². The molecule has 0 amide bonds. The van der Waals surface area contributed by atoms with Crippen LogP contribution in [0.1, 0.15) is 5.56 Å². The maximum absolute atomic E-state index is 3.88. The summed E-state index contributed by atoms with van der Waals surface area (Å²) in [4.78, 5) is 5.70. The number of nitrogens with zero attached hydrogens (tertiary/aromatic N) is 1. The first-order valence-electron chi connectivity index (χ1n) is 2.60. The molecule has 0 saturated heterocycles. The molecule has 0 unspecified atom stereocenters. The van der Waals surface area contributed by atoms with Crippen LogP contribution < -0.4 is 0 Å². The molecule has 46 valence electrons. The number of rotatable bonds is 1. The fourth-order valence-corrected chi connectivity index (χ4v) is 0.853. The summed E-state index contributed by atoms with van der Waals surface area (Å²) in [6.07, 6.45) is 5.49. The topological polar surface area (TPSA) is 12.9 Å². The molecule has 0 saturated carbocycles. The molecule has 0 aliphatic heterocycles. The van der Waals surface area contributed by atoms with E-state index in [1.54, 1.807) is 12.4 Å². The smallest absolute Gasteiger partial charge is 0.0273 e. The molecule has 2 heteroatoms. The van der Waals surface area contributed by atoms with Crippen molar-refractivity contribution < 1.29 is 0 Å². The lowest BCUT2D eigenvalue weighted by Crippen LogP contribution is -1.69. The molecule has 0 N–H and O–H groups in total. The molecule has 0 bridgehead atoms. The van der Waals surface area contributed by atoms with E-state index in [0.29, 0.717) is 0 Å². The molecule has 9 heavy (non-hydrogen) atoms. The predicted octanol–water partition coefficient (Wildman–Crippen LogP) is 2.45. The van der Waals surface area contributed by atoms with E-state index >= 15 is 0 Å². The van der Waals surface area contributed by atoms with Crippen molar-refractivity contribution in [2.75, 3.05) is 0 Å². The van der Waals surface area contributed by atoms with Gasteiger partial charge in [0.2, 0.25) is 0 Å². The highest BCUT2D eigenvalue weighted by atomic mass is 79.9. The van der Waals surface area contributed by atoms with Gasteiger partial charge in [-0.2, -0.15) is 0 Å². The van der Waals surface area contributed by atoms with E-state index in [2.05, 4.69) is 20.9 Å². The third-order valence-electron chi connectivity index (χ3n) is 0.962. The molecule has 0 aliphatic carbocycles. The molecule has 0 aliphatic rings. The summed E-state index contributed by atoms with van der Waals surface area (Å²) in [6, 6.07) is 3.88. The van der Waals surface area contributed by atoms with Crippen LogP contribution in [-0.4, -0.2) is 4.98 Å². The second-order valence-corrected chi connectivity index (χ2v) is 2.10. The van der Waals surface area contributed by atoms with Gasteiger partial charge in [0.25, 0.3) is 0 Å². The summed E-state index contributed by atoms with van der Waals surface area (Å²) in [7, 11) is 0. The molecule has 1 aromatic heterocycles. The monoisotopic (exact) mass is 183 g/mol. The van der Waals surface area contributed by atoms with Gasteiger partial charge in [0.15, 0.2) is 0 Å². The zero-order valence-corrected chi connectivity index (χ0v) is 6.38. The third-order valence-corrected chi connectivity index (χ3v) is 1.23. The fraction of sp³-hybridized carbons (Fsp3) is 0. The number of aromatic nitrogens is 1. The van der Waals surface area contributed by atoms with E-state index in [0.717, 1.165) is 5.56 Å². The Morgan fingerprint density at radius 2 is 2.00 bits per heavy atom. The summed E-state index contributed by atoms with van der Waals surface area (Å²) in [5, 5.41) is 0. The summed E-state index contributed by atoms with van der Waals surface area (Å²) >= 11 is 3.19. The van der Waals surface area contributed by atoms with Gasteiger partial charge in [0.1, 0.15) is 0 Å². The van der Waals surface area contributed by atoms with Crippen molar-refractivity contribution in [3.63, 3.8) is 0 Å². The van der Waals surface area contributed by atoms with Crippen LogP contribution in [0.5, 0.6) is 0 Å². The van der Waals surface area contributed by atoms with E-state index in [1.165, 1.54) is 0 Å². The van der Waals surface area contributed by atoms with E-state index < -0.39 is 0 Å². The van der Waals surface area contributed by atoms with Crippen LogP contribution in [-0.2, 0) is 0 Å². The average Bonchev–Trinajstić information content (AvgIpc) is 1.91. The third kappa shape index (κ3) is 1.98. The van der Waals surface area contributed by atoms with Crippen LogP contribution in [0.25, 0.3) is 6.08 Å². The molecular formula is C7H6BrN. The zero-order valence-electron chi connectivity index (χ0n) is 4.79. The van der Waals surface area contributed by atoms with Gasteiger partial charge in [-0.15, -0.1) is 0 Å². The highest BCUT2D eigenvalue weighted by molar-refractivity contribution is 9.11. The Morgan fingerprint density at radius 1 is 1.33 bits per heavy atom. The number of hydrogen-bond acceptors (Lipinski definition) is 1. The van der Waals surface area contributed by atoms with Crippen molar-refractivity contribution in [1.82, 2.24) is 4.98 Å². The highest BCUT2D eigenvalue weighted by Crippen LogP contribution is 2.00. The summed E-state index contributed by atoms with van der Waals surface area (Å²) < 4.78 is 0. The zero-order chi connectivity index (χ0) is 6.53. The van der Waals surface area contributed by atoms with E-state index in [1.807, 2.05) is 23.2 Å². The van der Waals surface area contributed by atoms with Gasteiger partial charge in [-0.25, -0.2) is 0 Å². The van der Waals surface area contributed by atoms with Crippen molar-refractivity contribution in [2.45, 2.75) is 0 Å². The Kier molecular flexibility index (Phi) is 2.46. The highest BCUT2D eigenvalue weighted by Gasteiger charge is 1.78. The molecule has 0 atom stereocenters. The van der Waals surface area contributed by atoms with Gasteiger partial charge in [0, 0.05) is 12.4 Å². The van der Waals surface area contributed by atoms with Crippen molar-refractivity contribution in [3.05, 3.63) is 35.1 Å². The summed E-state index contributed by atoms with van der Waals surface area (Å²) in [6.45, 7) is 0. The molecule has 1 heterocycles. The standard InChI is InChI=1S/C7H6BrN/c8-4-1-7-2-5-9-6-3-7/h1-6H. The van der Waals surface area contributed by atoms with Gasteiger partial charge < -0.3 is 0 Å². The van der Waals surface area contributed by atoms with Crippen LogP contribution in [0, 0.1) is 0 Å². The average molecular weight is 184 g/mol. The Bertz CT molecular complexity index is 193. The first kappa shape index (κ1) is 6.49. The molecule has 0 aromatic carbocycles. The minimum atomic E-state index is 1.15. The number of hydrogen-bond donors (Lipinski definition) is 0. The van der Waals surface area contributed by atoms with Crippen LogP contribution in [0.4, 0.5) is 0 Å². The van der Waals surface area contributed by atoms with Crippen LogP contribution in [0.15, 0.2) is 29.5 Å². The second kappa shape index (κ2) is 3.41. The van der Waals surface area contributed by atoms with Crippen LogP contribution in [0.3, 0.4) is 0 Å². The predicted molar refractivity (Wildman–Crippen MR) is 42.2 cm³/mol.